The van der Waals surface area contributed by atoms with E-state index in [0.717, 1.165) is 43.8 Å². The average molecular weight is 328 g/mol. The van der Waals surface area contributed by atoms with E-state index in [1.807, 2.05) is 0 Å². The minimum atomic E-state index is -0.156. The minimum absolute atomic E-state index is 0.156. The molecule has 3 fully saturated rings. The second-order valence-corrected chi connectivity index (χ2v) is 7.32. The third-order valence-electron chi connectivity index (χ3n) is 5.65. The van der Waals surface area contributed by atoms with Crippen LogP contribution in [0, 0.1) is 11.8 Å². The number of hydrogen-bond donors (Lipinski definition) is 4. The van der Waals surface area contributed by atoms with Gasteiger partial charge in [-0.1, -0.05) is 12.8 Å². The van der Waals surface area contributed by atoms with Crippen molar-refractivity contribution < 1.29 is 9.84 Å². The number of fused-ring (bicyclic) bond motifs is 1. The lowest BCUT2D eigenvalue weighted by Gasteiger charge is -2.40. The first-order valence-electron chi connectivity index (χ1n) is 9.63. The Balaban J connectivity index is 0.000000924. The molecule has 5 atom stereocenters. The van der Waals surface area contributed by atoms with Crippen molar-refractivity contribution in [3.05, 3.63) is 0 Å². The fourth-order valence-corrected chi connectivity index (χ4v) is 4.38. The Hall–Kier alpha value is -0.200. The van der Waals surface area contributed by atoms with Crippen molar-refractivity contribution in [3.8, 4) is 0 Å². The zero-order valence-corrected chi connectivity index (χ0v) is 14.8. The first-order chi connectivity index (χ1) is 11.3. The summed E-state index contributed by atoms with van der Waals surface area (Å²) < 4.78 is 5.68. The van der Waals surface area contributed by atoms with E-state index in [0.29, 0.717) is 6.61 Å². The average Bonchev–Trinajstić information content (AvgIpc) is 2.60. The predicted molar refractivity (Wildman–Crippen MR) is 94.4 cm³/mol. The molecule has 23 heavy (non-hydrogen) atoms. The van der Waals surface area contributed by atoms with Gasteiger partial charge in [0.2, 0.25) is 0 Å². The highest BCUT2D eigenvalue weighted by molar-refractivity contribution is 4.88. The molecule has 0 aromatic rings. The van der Waals surface area contributed by atoms with Crippen molar-refractivity contribution in [1.29, 1.82) is 0 Å². The van der Waals surface area contributed by atoms with Crippen LogP contribution < -0.4 is 16.4 Å². The molecule has 3 rings (SSSR count). The molecule has 0 aromatic heterocycles. The summed E-state index contributed by atoms with van der Waals surface area (Å²) in [5, 5.41) is 16.9. The van der Waals surface area contributed by atoms with E-state index in [2.05, 4.69) is 16.4 Å². The largest absolute Gasteiger partial charge is 0.393 e. The number of hydrogen-bond acceptors (Lipinski definition) is 5. The SMILES string of the molecule is CN.O[C@@H]1CCO[C@H](CNCCC2CNC3CCCCC3C2)C1. The molecule has 5 heteroatoms. The fourth-order valence-electron chi connectivity index (χ4n) is 4.38. The lowest BCUT2D eigenvalue weighted by molar-refractivity contribution is -0.0418. The molecule has 0 aromatic carbocycles. The summed E-state index contributed by atoms with van der Waals surface area (Å²) in [5.74, 6) is 1.78. The van der Waals surface area contributed by atoms with Crippen LogP contribution in [0.3, 0.4) is 0 Å². The van der Waals surface area contributed by atoms with Crippen molar-refractivity contribution in [2.24, 2.45) is 17.6 Å². The molecule has 2 aliphatic heterocycles. The van der Waals surface area contributed by atoms with Gasteiger partial charge in [-0.15, -0.1) is 0 Å². The predicted octanol–water partition coefficient (Wildman–Crippen LogP) is 1.25. The van der Waals surface area contributed by atoms with Crippen molar-refractivity contribution in [3.63, 3.8) is 0 Å². The molecule has 3 unspecified atom stereocenters. The molecule has 136 valence electrons. The molecule has 1 saturated carbocycles. The van der Waals surface area contributed by atoms with E-state index in [1.54, 1.807) is 0 Å². The monoisotopic (exact) mass is 327 g/mol. The summed E-state index contributed by atoms with van der Waals surface area (Å²) in [7, 11) is 1.50. The van der Waals surface area contributed by atoms with Crippen molar-refractivity contribution in [2.75, 3.05) is 33.3 Å². The van der Waals surface area contributed by atoms with Gasteiger partial charge in [0.1, 0.15) is 0 Å². The summed E-state index contributed by atoms with van der Waals surface area (Å²) in [5.41, 5.74) is 4.50. The molecule has 0 bridgehead atoms. The zero-order chi connectivity index (χ0) is 16.5. The Morgan fingerprint density at radius 3 is 2.83 bits per heavy atom. The minimum Gasteiger partial charge on any atom is -0.393 e. The summed E-state index contributed by atoms with van der Waals surface area (Å²) in [6, 6.07) is 0.820. The van der Waals surface area contributed by atoms with Gasteiger partial charge in [0.25, 0.3) is 0 Å². The summed E-state index contributed by atoms with van der Waals surface area (Å²) >= 11 is 0. The number of ether oxygens (including phenoxy) is 1. The van der Waals surface area contributed by atoms with E-state index < -0.39 is 0 Å². The second-order valence-electron chi connectivity index (χ2n) is 7.32. The van der Waals surface area contributed by atoms with Crippen LogP contribution in [0.5, 0.6) is 0 Å². The standard InChI is InChI=1S/C17H32N2O2.CH5N/c20-15-6-8-21-16(10-15)12-18-7-5-13-9-14-3-1-2-4-17(14)19-11-13;1-2/h13-20H,1-12H2;2H2,1H3/t13?,14?,15-,16+,17?;/m1./s1. The van der Waals surface area contributed by atoms with Gasteiger partial charge >= 0.3 is 0 Å². The number of aliphatic hydroxyl groups excluding tert-OH is 1. The lowest BCUT2D eigenvalue weighted by atomic mass is 9.75. The van der Waals surface area contributed by atoms with Crippen molar-refractivity contribution in [2.45, 2.75) is 69.6 Å². The van der Waals surface area contributed by atoms with Crippen LogP contribution in [-0.4, -0.2) is 56.6 Å². The third-order valence-corrected chi connectivity index (χ3v) is 5.65. The molecular weight excluding hydrogens is 290 g/mol. The Labute approximate surface area is 141 Å². The molecule has 0 spiro atoms. The van der Waals surface area contributed by atoms with Gasteiger partial charge in [-0.05, 0) is 64.1 Å². The highest BCUT2D eigenvalue weighted by Crippen LogP contribution is 2.33. The molecule has 2 saturated heterocycles. The Morgan fingerprint density at radius 1 is 1.17 bits per heavy atom. The number of rotatable bonds is 5. The topological polar surface area (TPSA) is 79.5 Å². The van der Waals surface area contributed by atoms with Crippen LogP contribution >= 0.6 is 0 Å². The lowest BCUT2D eigenvalue weighted by Crippen LogP contribution is -2.47. The van der Waals surface area contributed by atoms with Gasteiger partial charge < -0.3 is 26.2 Å². The molecule has 5 N–H and O–H groups in total. The van der Waals surface area contributed by atoms with Gasteiger partial charge in [-0.2, -0.15) is 0 Å². The maximum absolute atomic E-state index is 9.63. The first kappa shape index (κ1) is 19.1. The Bertz CT molecular complexity index is 317. The number of aliphatic hydroxyl groups is 1. The van der Waals surface area contributed by atoms with Crippen LogP contribution in [0.15, 0.2) is 0 Å². The van der Waals surface area contributed by atoms with Crippen LogP contribution in [0.25, 0.3) is 0 Å². The first-order valence-corrected chi connectivity index (χ1v) is 9.63. The van der Waals surface area contributed by atoms with E-state index in [4.69, 9.17) is 4.74 Å². The van der Waals surface area contributed by atoms with Crippen LogP contribution in [0.4, 0.5) is 0 Å². The van der Waals surface area contributed by atoms with Crippen molar-refractivity contribution >= 4 is 0 Å². The molecule has 0 radical (unpaired) electrons. The second kappa shape index (κ2) is 10.6. The molecule has 5 nitrogen and oxygen atoms in total. The summed E-state index contributed by atoms with van der Waals surface area (Å²) in [4.78, 5) is 0. The van der Waals surface area contributed by atoms with Crippen molar-refractivity contribution in [1.82, 2.24) is 10.6 Å². The molecule has 2 heterocycles. The number of nitrogens with one attached hydrogen (secondary N) is 2. The highest BCUT2D eigenvalue weighted by Gasteiger charge is 2.31. The molecule has 1 aliphatic carbocycles. The van der Waals surface area contributed by atoms with Gasteiger partial charge in [0.05, 0.1) is 12.2 Å². The normalized spacial score (nSPS) is 37.4. The highest BCUT2D eigenvalue weighted by atomic mass is 16.5. The van der Waals surface area contributed by atoms with E-state index in [9.17, 15) is 5.11 Å². The maximum Gasteiger partial charge on any atom is 0.0724 e. The van der Waals surface area contributed by atoms with Crippen LogP contribution in [0.2, 0.25) is 0 Å². The van der Waals surface area contributed by atoms with Gasteiger partial charge in [-0.25, -0.2) is 0 Å². The molecule has 3 aliphatic rings. The van der Waals surface area contributed by atoms with E-state index in [1.165, 1.54) is 52.1 Å². The molecular formula is C18H37N3O2. The van der Waals surface area contributed by atoms with Gasteiger partial charge in [0, 0.05) is 25.6 Å². The fraction of sp³-hybridized carbons (Fsp3) is 1.00. The quantitative estimate of drug-likeness (QED) is 0.572. The van der Waals surface area contributed by atoms with Crippen LogP contribution in [0.1, 0.15) is 51.4 Å². The third kappa shape index (κ3) is 6.31. The maximum atomic E-state index is 9.63. The van der Waals surface area contributed by atoms with E-state index >= 15 is 0 Å². The van der Waals surface area contributed by atoms with Gasteiger partial charge in [-0.3, -0.25) is 0 Å². The van der Waals surface area contributed by atoms with Gasteiger partial charge in [0.15, 0.2) is 0 Å². The number of nitrogens with two attached hydrogens (primary N) is 1. The Kier molecular flexibility index (Phi) is 8.83. The van der Waals surface area contributed by atoms with E-state index in [-0.39, 0.29) is 12.2 Å². The van der Waals surface area contributed by atoms with Crippen LogP contribution in [-0.2, 0) is 4.74 Å². The molecule has 0 amide bonds. The number of piperidine rings is 1. The summed E-state index contributed by atoms with van der Waals surface area (Å²) in [6.07, 6.45) is 10.0. The Morgan fingerprint density at radius 2 is 2.00 bits per heavy atom. The summed E-state index contributed by atoms with van der Waals surface area (Å²) in [6.45, 7) is 3.90. The zero-order valence-electron chi connectivity index (χ0n) is 14.8. The smallest absolute Gasteiger partial charge is 0.0724 e.